The average Bonchev–Trinajstić information content (AvgIpc) is 2.99. The van der Waals surface area contributed by atoms with Crippen molar-refractivity contribution in [1.29, 1.82) is 5.41 Å². The lowest BCUT2D eigenvalue weighted by Crippen LogP contribution is -2.12. The molecule has 0 saturated heterocycles. The Labute approximate surface area is 129 Å². The third-order valence-corrected chi connectivity index (χ3v) is 3.90. The number of esters is 1. The second-order valence-corrected chi connectivity index (χ2v) is 5.58. The first-order valence-corrected chi connectivity index (χ1v) is 7.37. The number of amidine groups is 1. The number of nitrogens with one attached hydrogen (secondary N) is 1. The molecule has 2 aromatic rings. The van der Waals surface area contributed by atoms with E-state index in [4.69, 9.17) is 15.9 Å². The highest BCUT2D eigenvalue weighted by Gasteiger charge is 2.15. The van der Waals surface area contributed by atoms with Crippen LogP contribution in [0.2, 0.25) is 0 Å². The fraction of sp³-hybridized carbons (Fsp3) is 0.222. The zero-order chi connectivity index (χ0) is 15.5. The van der Waals surface area contributed by atoms with Crippen molar-refractivity contribution in [2.75, 3.05) is 0 Å². The molecule has 3 rings (SSSR count). The Hall–Kier alpha value is -2.62. The highest BCUT2D eigenvalue weighted by atomic mass is 16.5. The lowest BCUT2D eigenvalue weighted by molar-refractivity contribution is -0.135. The van der Waals surface area contributed by atoms with Gasteiger partial charge < -0.3 is 10.5 Å². The SMILES string of the molecule is N=C(N)c1ccc2cc(OC(=O)CC3C=CCC3)ccc2c1. The summed E-state index contributed by atoms with van der Waals surface area (Å²) in [5.41, 5.74) is 6.17. The van der Waals surface area contributed by atoms with Crippen LogP contribution in [0.15, 0.2) is 48.6 Å². The van der Waals surface area contributed by atoms with Gasteiger partial charge in [-0.1, -0.05) is 30.4 Å². The summed E-state index contributed by atoms with van der Waals surface area (Å²) >= 11 is 0. The molecule has 0 fully saturated rings. The molecule has 3 N–H and O–H groups in total. The summed E-state index contributed by atoms with van der Waals surface area (Å²) in [6, 6.07) is 11.0. The van der Waals surface area contributed by atoms with Crippen molar-refractivity contribution in [3.05, 3.63) is 54.1 Å². The minimum atomic E-state index is -0.198. The molecule has 0 bridgehead atoms. The summed E-state index contributed by atoms with van der Waals surface area (Å²) in [5, 5.41) is 9.37. The Morgan fingerprint density at radius 1 is 1.23 bits per heavy atom. The highest BCUT2D eigenvalue weighted by Crippen LogP contribution is 2.24. The molecule has 0 aromatic heterocycles. The van der Waals surface area contributed by atoms with Gasteiger partial charge in [-0.2, -0.15) is 0 Å². The van der Waals surface area contributed by atoms with E-state index in [-0.39, 0.29) is 11.8 Å². The van der Waals surface area contributed by atoms with Crippen LogP contribution in [0.4, 0.5) is 0 Å². The van der Waals surface area contributed by atoms with Gasteiger partial charge in [-0.15, -0.1) is 0 Å². The van der Waals surface area contributed by atoms with E-state index >= 15 is 0 Å². The van der Waals surface area contributed by atoms with E-state index in [1.54, 1.807) is 12.1 Å². The van der Waals surface area contributed by atoms with Crippen LogP contribution in [0.25, 0.3) is 10.8 Å². The molecule has 0 spiro atoms. The maximum Gasteiger partial charge on any atom is 0.311 e. The van der Waals surface area contributed by atoms with Crippen LogP contribution in [-0.4, -0.2) is 11.8 Å². The summed E-state index contributed by atoms with van der Waals surface area (Å²) in [6.07, 6.45) is 6.70. The van der Waals surface area contributed by atoms with E-state index in [1.807, 2.05) is 24.3 Å². The van der Waals surface area contributed by atoms with Crippen LogP contribution in [0.3, 0.4) is 0 Å². The molecule has 0 aliphatic heterocycles. The van der Waals surface area contributed by atoms with Crippen LogP contribution >= 0.6 is 0 Å². The number of hydrogen-bond acceptors (Lipinski definition) is 3. The number of carbonyl (C=O) groups is 1. The van der Waals surface area contributed by atoms with Crippen LogP contribution in [-0.2, 0) is 4.79 Å². The number of ether oxygens (including phenoxy) is 1. The van der Waals surface area contributed by atoms with Crippen LogP contribution in [0.5, 0.6) is 5.75 Å². The molecular weight excluding hydrogens is 276 g/mol. The maximum absolute atomic E-state index is 11.9. The van der Waals surface area contributed by atoms with Crippen LogP contribution in [0, 0.1) is 11.3 Å². The summed E-state index contributed by atoms with van der Waals surface area (Å²) in [5.74, 6) is 0.708. The Kier molecular flexibility index (Phi) is 3.92. The predicted molar refractivity (Wildman–Crippen MR) is 87.1 cm³/mol. The van der Waals surface area contributed by atoms with Crippen molar-refractivity contribution >= 4 is 22.6 Å². The second-order valence-electron chi connectivity index (χ2n) is 5.58. The van der Waals surface area contributed by atoms with Gasteiger partial charge >= 0.3 is 5.97 Å². The summed E-state index contributed by atoms with van der Waals surface area (Å²) in [4.78, 5) is 11.9. The van der Waals surface area contributed by atoms with Gasteiger partial charge in [0.15, 0.2) is 0 Å². The summed E-state index contributed by atoms with van der Waals surface area (Å²) < 4.78 is 5.42. The summed E-state index contributed by atoms with van der Waals surface area (Å²) in [7, 11) is 0. The number of carbonyl (C=O) groups excluding carboxylic acids is 1. The second kappa shape index (κ2) is 6.02. The zero-order valence-electron chi connectivity index (χ0n) is 12.2. The first kappa shape index (κ1) is 14.3. The van der Waals surface area contributed by atoms with Gasteiger partial charge in [0.2, 0.25) is 0 Å². The third-order valence-electron chi connectivity index (χ3n) is 3.90. The minimum Gasteiger partial charge on any atom is -0.426 e. The van der Waals surface area contributed by atoms with Gasteiger partial charge in [0.05, 0.1) is 6.42 Å². The van der Waals surface area contributed by atoms with Gasteiger partial charge in [-0.3, -0.25) is 10.2 Å². The number of benzene rings is 2. The average molecular weight is 294 g/mol. The molecule has 4 nitrogen and oxygen atoms in total. The van der Waals surface area contributed by atoms with E-state index in [9.17, 15) is 4.79 Å². The van der Waals surface area contributed by atoms with Gasteiger partial charge in [0.25, 0.3) is 0 Å². The molecule has 4 heteroatoms. The van der Waals surface area contributed by atoms with Crippen LogP contribution in [0.1, 0.15) is 24.8 Å². The molecule has 22 heavy (non-hydrogen) atoms. The van der Waals surface area contributed by atoms with E-state index in [1.165, 1.54) is 0 Å². The Balaban J connectivity index is 1.74. The molecule has 0 radical (unpaired) electrons. The Bertz CT molecular complexity index is 765. The lowest BCUT2D eigenvalue weighted by atomic mass is 10.1. The third kappa shape index (κ3) is 3.17. The Morgan fingerprint density at radius 2 is 2.00 bits per heavy atom. The van der Waals surface area contributed by atoms with Crippen LogP contribution < -0.4 is 10.5 Å². The maximum atomic E-state index is 11.9. The monoisotopic (exact) mass is 294 g/mol. The van der Waals surface area contributed by atoms with Gasteiger partial charge in [-0.25, -0.2) is 0 Å². The molecule has 1 atom stereocenters. The highest BCUT2D eigenvalue weighted by molar-refractivity contribution is 5.99. The van der Waals surface area contributed by atoms with E-state index < -0.39 is 0 Å². The largest absolute Gasteiger partial charge is 0.426 e. The fourth-order valence-corrected chi connectivity index (χ4v) is 2.71. The van der Waals surface area contributed by atoms with E-state index in [0.717, 1.165) is 23.6 Å². The molecule has 1 aliphatic rings. The first-order valence-electron chi connectivity index (χ1n) is 7.37. The number of nitrogens with two attached hydrogens (primary N) is 1. The molecule has 112 valence electrons. The molecular formula is C18H18N2O2. The normalized spacial score (nSPS) is 16.8. The Morgan fingerprint density at radius 3 is 2.73 bits per heavy atom. The topological polar surface area (TPSA) is 76.2 Å². The summed E-state index contributed by atoms with van der Waals surface area (Å²) in [6.45, 7) is 0. The lowest BCUT2D eigenvalue weighted by Gasteiger charge is -2.09. The van der Waals surface area contributed by atoms with Crippen molar-refractivity contribution in [2.45, 2.75) is 19.3 Å². The molecule has 1 aliphatic carbocycles. The van der Waals surface area contributed by atoms with E-state index in [0.29, 0.717) is 23.7 Å². The van der Waals surface area contributed by atoms with Gasteiger partial charge in [0.1, 0.15) is 11.6 Å². The molecule has 0 heterocycles. The first-order chi connectivity index (χ1) is 10.6. The van der Waals surface area contributed by atoms with Gasteiger partial charge in [-0.05, 0) is 47.7 Å². The zero-order valence-corrected chi connectivity index (χ0v) is 12.2. The number of allylic oxidation sites excluding steroid dienone is 2. The predicted octanol–water partition coefficient (Wildman–Crippen LogP) is 3.39. The quantitative estimate of drug-likeness (QED) is 0.298. The van der Waals surface area contributed by atoms with Gasteiger partial charge in [0, 0.05) is 5.56 Å². The number of nitrogen functional groups attached to an aromatic ring is 1. The van der Waals surface area contributed by atoms with E-state index in [2.05, 4.69) is 12.2 Å². The molecule has 0 saturated carbocycles. The van der Waals surface area contributed by atoms with Crippen molar-refractivity contribution < 1.29 is 9.53 Å². The smallest absolute Gasteiger partial charge is 0.311 e. The van der Waals surface area contributed by atoms with Crippen molar-refractivity contribution in [1.82, 2.24) is 0 Å². The number of hydrogen-bond donors (Lipinski definition) is 2. The minimum absolute atomic E-state index is 0.0435. The van der Waals surface area contributed by atoms with Crippen molar-refractivity contribution in [3.8, 4) is 5.75 Å². The molecule has 2 aromatic carbocycles. The number of fused-ring (bicyclic) bond motifs is 1. The molecule has 1 unspecified atom stereocenters. The number of rotatable bonds is 4. The standard InChI is InChI=1S/C18H18N2O2/c19-18(20)15-6-5-14-11-16(8-7-13(14)10-15)22-17(21)9-12-3-1-2-4-12/h1,3,5-8,10-12H,2,4,9H2,(H3,19,20). The fourth-order valence-electron chi connectivity index (χ4n) is 2.71. The van der Waals surface area contributed by atoms with Crippen molar-refractivity contribution in [3.63, 3.8) is 0 Å². The molecule has 0 amide bonds. The van der Waals surface area contributed by atoms with Crippen molar-refractivity contribution in [2.24, 2.45) is 11.7 Å².